The van der Waals surface area contributed by atoms with Crippen LogP contribution >= 0.6 is 0 Å². The predicted octanol–water partition coefficient (Wildman–Crippen LogP) is 1.17. The molecule has 1 aliphatic rings. The fourth-order valence-corrected chi connectivity index (χ4v) is 2.93. The van der Waals surface area contributed by atoms with Gasteiger partial charge in [-0.15, -0.1) is 0 Å². The summed E-state index contributed by atoms with van der Waals surface area (Å²) in [5.74, 6) is 6.14. The lowest BCUT2D eigenvalue weighted by Crippen LogP contribution is -2.36. The molecule has 1 amide bonds. The van der Waals surface area contributed by atoms with Crippen molar-refractivity contribution >= 4 is 16.8 Å². The number of carbonyl (C=O) groups is 1. The van der Waals surface area contributed by atoms with Crippen LogP contribution in [-0.4, -0.2) is 54.8 Å². The number of nitrogens with zero attached hydrogens (tertiary/aromatic N) is 2. The quantitative estimate of drug-likeness (QED) is 0.859. The van der Waals surface area contributed by atoms with Crippen LogP contribution in [0.3, 0.4) is 0 Å². The first-order valence-electron chi connectivity index (χ1n) is 8.29. The summed E-state index contributed by atoms with van der Waals surface area (Å²) in [6.07, 6.45) is 2.40. The second kappa shape index (κ2) is 8.00. The van der Waals surface area contributed by atoms with Gasteiger partial charge in [0.15, 0.2) is 0 Å². The van der Waals surface area contributed by atoms with Gasteiger partial charge in [-0.2, -0.15) is 0 Å². The summed E-state index contributed by atoms with van der Waals surface area (Å²) in [5, 5.41) is 4.01. The fourth-order valence-electron chi connectivity index (χ4n) is 2.93. The van der Waals surface area contributed by atoms with Crippen molar-refractivity contribution in [1.82, 2.24) is 14.8 Å². The minimum absolute atomic E-state index is 0.00651. The topological polar surface area (TPSA) is 46.5 Å². The van der Waals surface area contributed by atoms with Gasteiger partial charge in [-0.3, -0.25) is 9.69 Å². The maximum Gasteiger partial charge on any atom is 0.225 e. The standard InChI is InChI=1S/C19H23N3O2/c1-21-15-16(17-6-2-3-7-18(17)21)14-19(23)20-8-4-5-9-22-10-12-24-13-11-22/h2-3,6-7,15H,8-14H2,1H3,(H,20,23). The molecule has 1 fully saturated rings. The Morgan fingerprint density at radius 2 is 2.04 bits per heavy atom. The van der Waals surface area contributed by atoms with E-state index in [4.69, 9.17) is 4.74 Å². The highest BCUT2D eigenvalue weighted by atomic mass is 16.5. The molecular weight excluding hydrogens is 302 g/mol. The summed E-state index contributed by atoms with van der Waals surface area (Å²) in [4.78, 5) is 14.4. The van der Waals surface area contributed by atoms with Crippen LogP contribution in [0.15, 0.2) is 30.5 Å². The van der Waals surface area contributed by atoms with E-state index in [1.54, 1.807) is 0 Å². The van der Waals surface area contributed by atoms with Gasteiger partial charge >= 0.3 is 0 Å². The molecule has 1 aromatic carbocycles. The molecule has 5 nitrogen and oxygen atoms in total. The van der Waals surface area contributed by atoms with Crippen LogP contribution in [0, 0.1) is 11.8 Å². The molecule has 0 atom stereocenters. The Morgan fingerprint density at radius 1 is 1.25 bits per heavy atom. The molecule has 0 aliphatic carbocycles. The van der Waals surface area contributed by atoms with Gasteiger partial charge in [-0.1, -0.05) is 30.0 Å². The molecule has 0 saturated carbocycles. The van der Waals surface area contributed by atoms with Crippen molar-refractivity contribution in [2.75, 3.05) is 39.4 Å². The summed E-state index contributed by atoms with van der Waals surface area (Å²) >= 11 is 0. The molecule has 5 heteroatoms. The van der Waals surface area contributed by atoms with Crippen molar-refractivity contribution in [3.63, 3.8) is 0 Å². The van der Waals surface area contributed by atoms with Gasteiger partial charge < -0.3 is 14.6 Å². The number of nitrogens with one attached hydrogen (secondary N) is 1. The number of ether oxygens (including phenoxy) is 1. The monoisotopic (exact) mass is 325 g/mol. The number of fused-ring (bicyclic) bond motifs is 1. The highest BCUT2D eigenvalue weighted by Gasteiger charge is 2.10. The third-order valence-corrected chi connectivity index (χ3v) is 4.24. The zero-order chi connectivity index (χ0) is 16.8. The number of morpholine rings is 1. The second-order valence-corrected chi connectivity index (χ2v) is 5.98. The largest absolute Gasteiger partial charge is 0.379 e. The van der Waals surface area contributed by atoms with E-state index in [0.717, 1.165) is 49.3 Å². The number of rotatable bonds is 4. The zero-order valence-corrected chi connectivity index (χ0v) is 14.0. The maximum atomic E-state index is 12.1. The molecule has 3 rings (SSSR count). The van der Waals surface area contributed by atoms with Crippen LogP contribution in [0.5, 0.6) is 0 Å². The number of benzene rings is 1. The Hall–Kier alpha value is -2.29. The lowest BCUT2D eigenvalue weighted by Gasteiger charge is -2.24. The minimum Gasteiger partial charge on any atom is -0.379 e. The summed E-state index contributed by atoms with van der Waals surface area (Å²) in [6.45, 7) is 4.56. The van der Waals surface area contributed by atoms with E-state index < -0.39 is 0 Å². The van der Waals surface area contributed by atoms with Gasteiger partial charge in [-0.25, -0.2) is 0 Å². The number of hydrogen-bond donors (Lipinski definition) is 1. The Bertz CT molecular complexity index is 764. The fraction of sp³-hybridized carbons (Fsp3) is 0.421. The lowest BCUT2D eigenvalue weighted by molar-refractivity contribution is -0.120. The van der Waals surface area contributed by atoms with Gasteiger partial charge in [0.1, 0.15) is 0 Å². The van der Waals surface area contributed by atoms with Gasteiger partial charge in [-0.05, 0) is 11.6 Å². The molecule has 1 aliphatic heterocycles. The van der Waals surface area contributed by atoms with Crippen LogP contribution < -0.4 is 5.32 Å². The van der Waals surface area contributed by atoms with E-state index >= 15 is 0 Å². The molecule has 0 spiro atoms. The molecule has 0 bridgehead atoms. The molecule has 2 aromatic rings. The van der Waals surface area contributed by atoms with Crippen molar-refractivity contribution in [1.29, 1.82) is 0 Å². The summed E-state index contributed by atoms with van der Waals surface area (Å²) < 4.78 is 7.35. The molecule has 24 heavy (non-hydrogen) atoms. The highest BCUT2D eigenvalue weighted by Crippen LogP contribution is 2.20. The molecule has 0 radical (unpaired) electrons. The Labute approximate surface area is 142 Å². The summed E-state index contributed by atoms with van der Waals surface area (Å²) in [6, 6.07) is 8.13. The van der Waals surface area contributed by atoms with Crippen LogP contribution in [0.25, 0.3) is 10.9 Å². The minimum atomic E-state index is 0.00651. The zero-order valence-electron chi connectivity index (χ0n) is 14.0. The SMILES string of the molecule is Cn1cc(CC(=O)NCC#CCN2CCOCC2)c2ccccc21. The number of amides is 1. The van der Waals surface area contributed by atoms with E-state index in [1.165, 1.54) is 0 Å². The third kappa shape index (κ3) is 4.16. The van der Waals surface area contributed by atoms with E-state index in [2.05, 4.69) is 38.8 Å². The maximum absolute atomic E-state index is 12.1. The average molecular weight is 325 g/mol. The van der Waals surface area contributed by atoms with Gasteiger partial charge in [0.05, 0.1) is 32.7 Å². The third-order valence-electron chi connectivity index (χ3n) is 4.24. The number of aryl methyl sites for hydroxylation is 1. The van der Waals surface area contributed by atoms with E-state index in [0.29, 0.717) is 13.0 Å². The van der Waals surface area contributed by atoms with Crippen LogP contribution in [0.2, 0.25) is 0 Å². The lowest BCUT2D eigenvalue weighted by atomic mass is 10.1. The van der Waals surface area contributed by atoms with Crippen molar-refractivity contribution < 1.29 is 9.53 Å². The van der Waals surface area contributed by atoms with Crippen LogP contribution in [0.1, 0.15) is 5.56 Å². The van der Waals surface area contributed by atoms with Crippen molar-refractivity contribution in [3.05, 3.63) is 36.0 Å². The average Bonchev–Trinajstić information content (AvgIpc) is 2.92. The number of hydrogen-bond acceptors (Lipinski definition) is 3. The van der Waals surface area contributed by atoms with E-state index in [9.17, 15) is 4.79 Å². The molecule has 2 heterocycles. The van der Waals surface area contributed by atoms with Gasteiger partial charge in [0.25, 0.3) is 0 Å². The van der Waals surface area contributed by atoms with Crippen molar-refractivity contribution in [3.8, 4) is 11.8 Å². The number of carbonyl (C=O) groups excluding carboxylic acids is 1. The number of para-hydroxylation sites is 1. The molecule has 1 N–H and O–H groups in total. The van der Waals surface area contributed by atoms with Crippen LogP contribution in [0.4, 0.5) is 0 Å². The van der Waals surface area contributed by atoms with Crippen molar-refractivity contribution in [2.24, 2.45) is 7.05 Å². The number of aromatic nitrogens is 1. The molecule has 126 valence electrons. The van der Waals surface area contributed by atoms with Crippen molar-refractivity contribution in [2.45, 2.75) is 6.42 Å². The molecule has 1 saturated heterocycles. The Morgan fingerprint density at radius 3 is 2.88 bits per heavy atom. The smallest absolute Gasteiger partial charge is 0.225 e. The summed E-state index contributed by atoms with van der Waals surface area (Å²) in [5.41, 5.74) is 2.19. The molecule has 1 aromatic heterocycles. The van der Waals surface area contributed by atoms with Crippen LogP contribution in [-0.2, 0) is 23.0 Å². The van der Waals surface area contributed by atoms with Gasteiger partial charge in [0.2, 0.25) is 5.91 Å². The van der Waals surface area contributed by atoms with E-state index in [1.807, 2.05) is 25.4 Å². The van der Waals surface area contributed by atoms with E-state index in [-0.39, 0.29) is 5.91 Å². The first-order valence-corrected chi connectivity index (χ1v) is 8.29. The Balaban J connectivity index is 1.47. The first kappa shape index (κ1) is 16.6. The van der Waals surface area contributed by atoms with Gasteiger partial charge in [0, 0.05) is 37.2 Å². The predicted molar refractivity (Wildman–Crippen MR) is 94.7 cm³/mol. The Kier molecular flexibility index (Phi) is 5.52. The first-order chi connectivity index (χ1) is 11.7. The summed E-state index contributed by atoms with van der Waals surface area (Å²) in [7, 11) is 2.00. The molecule has 0 unspecified atom stereocenters. The second-order valence-electron chi connectivity index (χ2n) is 5.98. The molecular formula is C19H23N3O2. The normalized spacial score (nSPS) is 15.0. The highest BCUT2D eigenvalue weighted by molar-refractivity contribution is 5.89.